The zero-order valence-electron chi connectivity index (χ0n) is 9.60. The third-order valence-electron chi connectivity index (χ3n) is 2.42. The molecule has 1 aromatic rings. The van der Waals surface area contributed by atoms with Gasteiger partial charge in [-0.15, -0.1) is 0 Å². The fourth-order valence-corrected chi connectivity index (χ4v) is 1.40. The summed E-state index contributed by atoms with van der Waals surface area (Å²) in [6, 6.07) is 0. The monoisotopic (exact) mass is 214 g/mol. The Morgan fingerprint density at radius 1 is 1.53 bits per heavy atom. The summed E-state index contributed by atoms with van der Waals surface area (Å²) in [6.07, 6.45) is 3.37. The summed E-state index contributed by atoms with van der Waals surface area (Å²) in [5.74, 6) is 0. The molecule has 5 nitrogen and oxygen atoms in total. The van der Waals surface area contributed by atoms with E-state index in [1.807, 2.05) is 7.05 Å². The fourth-order valence-electron chi connectivity index (χ4n) is 1.40. The van der Waals surface area contributed by atoms with Crippen LogP contribution in [0.2, 0.25) is 0 Å². The third-order valence-corrected chi connectivity index (χ3v) is 2.42. The molecule has 0 bridgehead atoms. The van der Waals surface area contributed by atoms with Crippen LogP contribution < -0.4 is 0 Å². The predicted molar refractivity (Wildman–Crippen MR) is 55.2 cm³/mol. The van der Waals surface area contributed by atoms with E-state index in [0.717, 1.165) is 5.56 Å². The molecule has 0 aromatic carbocycles. The summed E-state index contributed by atoms with van der Waals surface area (Å²) in [5, 5.41) is 14.2. The Labute approximate surface area is 89.6 Å². The van der Waals surface area contributed by atoms with Gasteiger partial charge in [0.15, 0.2) is 6.29 Å². The minimum absolute atomic E-state index is 0.367. The molecule has 0 spiro atoms. The summed E-state index contributed by atoms with van der Waals surface area (Å²) in [6.45, 7) is 1.72. The maximum absolute atomic E-state index is 10.2. The molecule has 1 heterocycles. The predicted octanol–water partition coefficient (Wildman–Crippen LogP) is 0.637. The molecule has 0 aliphatic rings. The van der Waals surface area contributed by atoms with Gasteiger partial charge in [0.2, 0.25) is 0 Å². The van der Waals surface area contributed by atoms with Gasteiger partial charge in [0.1, 0.15) is 0 Å². The Bertz CT molecular complexity index is 305. The number of aromatic nitrogens is 2. The van der Waals surface area contributed by atoms with Crippen LogP contribution in [-0.2, 0) is 22.1 Å². The summed E-state index contributed by atoms with van der Waals surface area (Å²) in [5.41, 5.74) is -0.241. The van der Waals surface area contributed by atoms with Crippen molar-refractivity contribution in [2.24, 2.45) is 7.05 Å². The smallest absolute Gasteiger partial charge is 0.159 e. The van der Waals surface area contributed by atoms with Gasteiger partial charge in [0.25, 0.3) is 0 Å². The summed E-state index contributed by atoms with van der Waals surface area (Å²) in [7, 11) is 4.91. The van der Waals surface area contributed by atoms with E-state index in [-0.39, 0.29) is 0 Å². The minimum atomic E-state index is -0.995. The number of hydrogen-bond donors (Lipinski definition) is 1. The van der Waals surface area contributed by atoms with Crippen molar-refractivity contribution in [1.82, 2.24) is 9.78 Å². The van der Waals surface area contributed by atoms with Gasteiger partial charge in [-0.1, -0.05) is 0 Å². The van der Waals surface area contributed by atoms with Crippen LogP contribution >= 0.6 is 0 Å². The first-order valence-corrected chi connectivity index (χ1v) is 4.76. The first kappa shape index (κ1) is 12.2. The van der Waals surface area contributed by atoms with Gasteiger partial charge in [-0.05, 0) is 6.92 Å². The number of hydrogen-bond acceptors (Lipinski definition) is 4. The van der Waals surface area contributed by atoms with Gasteiger partial charge >= 0.3 is 0 Å². The van der Waals surface area contributed by atoms with Gasteiger partial charge < -0.3 is 14.6 Å². The van der Waals surface area contributed by atoms with Crippen molar-refractivity contribution in [3.8, 4) is 0 Å². The van der Waals surface area contributed by atoms with Gasteiger partial charge in [0.05, 0.1) is 11.8 Å². The average molecular weight is 214 g/mol. The zero-order valence-corrected chi connectivity index (χ0v) is 9.60. The van der Waals surface area contributed by atoms with Crippen LogP contribution in [0.5, 0.6) is 0 Å². The Hall–Kier alpha value is -0.910. The van der Waals surface area contributed by atoms with Crippen molar-refractivity contribution in [3.63, 3.8) is 0 Å². The molecule has 86 valence electrons. The van der Waals surface area contributed by atoms with Gasteiger partial charge in [-0.2, -0.15) is 5.10 Å². The highest BCUT2D eigenvalue weighted by atomic mass is 16.7. The molecule has 1 N–H and O–H groups in total. The molecule has 0 aliphatic carbocycles. The minimum Gasteiger partial charge on any atom is -0.385 e. The van der Waals surface area contributed by atoms with Gasteiger partial charge in [-0.3, -0.25) is 4.68 Å². The Morgan fingerprint density at radius 3 is 2.53 bits per heavy atom. The van der Waals surface area contributed by atoms with E-state index in [1.165, 1.54) is 0 Å². The lowest BCUT2D eigenvalue weighted by Gasteiger charge is -2.25. The van der Waals surface area contributed by atoms with Crippen molar-refractivity contribution in [2.45, 2.75) is 25.2 Å². The summed E-state index contributed by atoms with van der Waals surface area (Å²) < 4.78 is 11.8. The standard InChI is InChI=1S/C10H18N2O3/c1-10(13,5-9(14-3)15-4)8-6-11-12(2)7-8/h6-7,9,13H,5H2,1-4H3. The van der Waals surface area contributed by atoms with Crippen molar-refractivity contribution in [2.75, 3.05) is 14.2 Å². The second kappa shape index (κ2) is 4.74. The van der Waals surface area contributed by atoms with Gasteiger partial charge in [0, 0.05) is 39.4 Å². The van der Waals surface area contributed by atoms with Crippen LogP contribution in [-0.4, -0.2) is 35.4 Å². The molecule has 0 aliphatic heterocycles. The molecule has 0 amide bonds. The largest absolute Gasteiger partial charge is 0.385 e. The molecular formula is C10H18N2O3. The lowest BCUT2D eigenvalue weighted by molar-refractivity contribution is -0.142. The molecule has 5 heteroatoms. The average Bonchev–Trinajstić information content (AvgIpc) is 2.62. The highest BCUT2D eigenvalue weighted by Gasteiger charge is 2.28. The highest BCUT2D eigenvalue weighted by molar-refractivity contribution is 5.13. The Kier molecular flexibility index (Phi) is 3.84. The van der Waals surface area contributed by atoms with Crippen LogP contribution in [0.3, 0.4) is 0 Å². The maximum atomic E-state index is 10.2. The van der Waals surface area contributed by atoms with Crippen molar-refractivity contribution in [3.05, 3.63) is 18.0 Å². The summed E-state index contributed by atoms with van der Waals surface area (Å²) in [4.78, 5) is 0. The molecule has 0 fully saturated rings. The molecule has 1 aromatic heterocycles. The van der Waals surface area contributed by atoms with Crippen LogP contribution in [0.1, 0.15) is 18.9 Å². The SMILES string of the molecule is COC(CC(C)(O)c1cnn(C)c1)OC. The first-order chi connectivity index (χ1) is 6.99. The molecule has 0 radical (unpaired) electrons. The molecule has 1 atom stereocenters. The van der Waals surface area contributed by atoms with Crippen LogP contribution in [0.15, 0.2) is 12.4 Å². The van der Waals surface area contributed by atoms with Crippen LogP contribution in [0, 0.1) is 0 Å². The fraction of sp³-hybridized carbons (Fsp3) is 0.700. The second-order valence-electron chi connectivity index (χ2n) is 3.78. The Balaban J connectivity index is 2.74. The molecule has 0 saturated carbocycles. The number of aryl methyl sites for hydroxylation is 1. The van der Waals surface area contributed by atoms with Crippen molar-refractivity contribution >= 4 is 0 Å². The highest BCUT2D eigenvalue weighted by Crippen LogP contribution is 2.26. The number of aliphatic hydroxyl groups is 1. The van der Waals surface area contributed by atoms with E-state index in [4.69, 9.17) is 9.47 Å². The number of methoxy groups -OCH3 is 2. The molecular weight excluding hydrogens is 196 g/mol. The molecule has 1 rings (SSSR count). The maximum Gasteiger partial charge on any atom is 0.159 e. The van der Waals surface area contributed by atoms with Gasteiger partial charge in [-0.25, -0.2) is 0 Å². The number of ether oxygens (including phenoxy) is 2. The van der Waals surface area contributed by atoms with E-state index in [9.17, 15) is 5.11 Å². The third kappa shape index (κ3) is 3.02. The van der Waals surface area contributed by atoms with E-state index >= 15 is 0 Å². The summed E-state index contributed by atoms with van der Waals surface area (Å²) >= 11 is 0. The quantitative estimate of drug-likeness (QED) is 0.731. The van der Waals surface area contributed by atoms with Crippen molar-refractivity contribution < 1.29 is 14.6 Å². The molecule has 0 saturated heterocycles. The lowest BCUT2D eigenvalue weighted by Crippen LogP contribution is -2.29. The van der Waals surface area contributed by atoms with Crippen LogP contribution in [0.4, 0.5) is 0 Å². The van der Waals surface area contributed by atoms with Crippen LogP contribution in [0.25, 0.3) is 0 Å². The second-order valence-corrected chi connectivity index (χ2v) is 3.78. The molecule has 15 heavy (non-hydrogen) atoms. The van der Waals surface area contributed by atoms with E-state index < -0.39 is 11.9 Å². The topological polar surface area (TPSA) is 56.5 Å². The number of rotatable bonds is 5. The molecule has 1 unspecified atom stereocenters. The first-order valence-electron chi connectivity index (χ1n) is 4.76. The Morgan fingerprint density at radius 2 is 2.13 bits per heavy atom. The normalized spacial score (nSPS) is 15.6. The number of nitrogens with zero attached hydrogens (tertiary/aromatic N) is 2. The van der Waals surface area contributed by atoms with E-state index in [2.05, 4.69) is 5.10 Å². The zero-order chi connectivity index (χ0) is 11.5. The van der Waals surface area contributed by atoms with Crippen molar-refractivity contribution in [1.29, 1.82) is 0 Å². The van der Waals surface area contributed by atoms with E-state index in [0.29, 0.717) is 6.42 Å². The lowest BCUT2D eigenvalue weighted by atomic mass is 9.95. The van der Waals surface area contributed by atoms with E-state index in [1.54, 1.807) is 38.2 Å².